The normalized spacial score (nSPS) is 12.7. The minimum atomic E-state index is -0.268. The van der Waals surface area contributed by atoms with Crippen LogP contribution < -0.4 is 0 Å². The Morgan fingerprint density at radius 1 is 1.43 bits per heavy atom. The van der Waals surface area contributed by atoms with Crippen molar-refractivity contribution in [3.63, 3.8) is 0 Å². The highest BCUT2D eigenvalue weighted by Gasteiger charge is 2.26. The van der Waals surface area contributed by atoms with E-state index in [9.17, 15) is 4.79 Å². The molecule has 0 radical (unpaired) electrons. The van der Waals surface area contributed by atoms with Crippen LogP contribution in [0.3, 0.4) is 0 Å². The van der Waals surface area contributed by atoms with Crippen molar-refractivity contribution < 1.29 is 9.63 Å². The van der Waals surface area contributed by atoms with Gasteiger partial charge >= 0.3 is 0 Å². The Balaban J connectivity index is 2.21. The van der Waals surface area contributed by atoms with Gasteiger partial charge in [0.1, 0.15) is 6.04 Å². The van der Waals surface area contributed by atoms with Gasteiger partial charge in [-0.3, -0.25) is 14.3 Å². The highest BCUT2D eigenvalue weighted by Crippen LogP contribution is 2.23. The molecular formula is C14H20N4O2S. The smallest absolute Gasteiger partial charge is 0.273 e. The molecule has 7 heteroatoms. The number of aryl methyl sites for hydroxylation is 1. The van der Waals surface area contributed by atoms with E-state index in [0.29, 0.717) is 5.69 Å². The summed E-state index contributed by atoms with van der Waals surface area (Å²) in [7, 11) is 1.48. The number of thiazole rings is 1. The number of hydrogen-bond donors (Lipinski definition) is 0. The Morgan fingerprint density at radius 3 is 2.62 bits per heavy atom. The molecule has 114 valence electrons. The van der Waals surface area contributed by atoms with Gasteiger partial charge in [0.05, 0.1) is 17.8 Å². The predicted molar refractivity (Wildman–Crippen MR) is 81.1 cm³/mol. The Labute approximate surface area is 128 Å². The van der Waals surface area contributed by atoms with Gasteiger partial charge in [0, 0.05) is 17.6 Å². The lowest BCUT2D eigenvalue weighted by Crippen LogP contribution is -2.33. The summed E-state index contributed by atoms with van der Waals surface area (Å²) in [6, 6.07) is 1.64. The summed E-state index contributed by atoms with van der Waals surface area (Å²) in [4.78, 5) is 22.2. The van der Waals surface area contributed by atoms with E-state index in [-0.39, 0.29) is 18.0 Å². The minimum Gasteiger partial charge on any atom is -0.273 e. The van der Waals surface area contributed by atoms with Crippen molar-refractivity contribution in [3.8, 4) is 0 Å². The van der Waals surface area contributed by atoms with Gasteiger partial charge in [0.25, 0.3) is 5.91 Å². The van der Waals surface area contributed by atoms with Crippen LogP contribution in [0.25, 0.3) is 0 Å². The quantitative estimate of drug-likeness (QED) is 0.797. The highest BCUT2D eigenvalue weighted by atomic mass is 32.1. The predicted octanol–water partition coefficient (Wildman–Crippen LogP) is 2.99. The average Bonchev–Trinajstić information content (AvgIpc) is 3.07. The Morgan fingerprint density at radius 2 is 2.14 bits per heavy atom. The molecule has 0 fully saturated rings. The van der Waals surface area contributed by atoms with Crippen molar-refractivity contribution in [3.05, 3.63) is 34.0 Å². The van der Waals surface area contributed by atoms with Crippen molar-refractivity contribution in [2.75, 3.05) is 7.11 Å². The van der Waals surface area contributed by atoms with Crippen molar-refractivity contribution in [2.24, 2.45) is 0 Å². The lowest BCUT2D eigenvalue weighted by molar-refractivity contribution is -0.121. The van der Waals surface area contributed by atoms with Crippen molar-refractivity contribution in [1.29, 1.82) is 0 Å². The number of carbonyl (C=O) groups is 1. The number of hydroxylamine groups is 2. The van der Waals surface area contributed by atoms with E-state index in [1.54, 1.807) is 28.3 Å². The summed E-state index contributed by atoms with van der Waals surface area (Å²) in [5.41, 5.74) is 1.18. The first-order valence-corrected chi connectivity index (χ1v) is 7.66. The first-order valence-electron chi connectivity index (χ1n) is 6.79. The van der Waals surface area contributed by atoms with Gasteiger partial charge in [-0.15, -0.1) is 11.3 Å². The minimum absolute atomic E-state index is 0.209. The zero-order valence-electron chi connectivity index (χ0n) is 12.9. The first-order chi connectivity index (χ1) is 9.93. The largest absolute Gasteiger partial charge is 0.298 e. The molecule has 0 aliphatic rings. The zero-order chi connectivity index (χ0) is 15.6. The van der Waals surface area contributed by atoms with Crippen molar-refractivity contribution in [2.45, 2.75) is 39.8 Å². The fourth-order valence-electron chi connectivity index (χ4n) is 1.96. The van der Waals surface area contributed by atoms with Crippen LogP contribution in [-0.2, 0) is 4.84 Å². The van der Waals surface area contributed by atoms with E-state index in [1.165, 1.54) is 12.2 Å². The van der Waals surface area contributed by atoms with Gasteiger partial charge in [0.2, 0.25) is 0 Å². The second-order valence-corrected chi connectivity index (χ2v) is 6.12. The van der Waals surface area contributed by atoms with E-state index in [0.717, 1.165) is 10.7 Å². The maximum atomic E-state index is 12.5. The van der Waals surface area contributed by atoms with Crippen LogP contribution in [0.2, 0.25) is 0 Å². The molecule has 0 N–H and O–H groups in total. The molecule has 0 spiro atoms. The van der Waals surface area contributed by atoms with Gasteiger partial charge in [0.15, 0.2) is 5.69 Å². The van der Waals surface area contributed by atoms with Crippen molar-refractivity contribution >= 4 is 17.2 Å². The second-order valence-electron chi connectivity index (χ2n) is 5.06. The molecule has 2 heterocycles. The van der Waals surface area contributed by atoms with E-state index in [1.807, 2.05) is 33.1 Å². The third-order valence-electron chi connectivity index (χ3n) is 3.17. The molecule has 2 aromatic heterocycles. The molecule has 0 aromatic carbocycles. The van der Waals surface area contributed by atoms with E-state index >= 15 is 0 Å². The van der Waals surface area contributed by atoms with Crippen LogP contribution in [0.15, 0.2) is 17.6 Å². The zero-order valence-corrected chi connectivity index (χ0v) is 13.7. The van der Waals surface area contributed by atoms with Crippen LogP contribution in [0.4, 0.5) is 0 Å². The molecule has 2 rings (SSSR count). The summed E-state index contributed by atoms with van der Waals surface area (Å²) in [5.74, 6) is -0.268. The molecule has 0 bridgehead atoms. The maximum Gasteiger partial charge on any atom is 0.298 e. The van der Waals surface area contributed by atoms with Gasteiger partial charge in [-0.25, -0.2) is 10.0 Å². The fourth-order valence-corrected chi connectivity index (χ4v) is 2.66. The summed E-state index contributed by atoms with van der Waals surface area (Å²) in [5, 5.41) is 8.49. The summed E-state index contributed by atoms with van der Waals surface area (Å²) in [6.45, 7) is 7.84. The van der Waals surface area contributed by atoms with Crippen LogP contribution in [0.5, 0.6) is 0 Å². The highest BCUT2D eigenvalue weighted by molar-refractivity contribution is 7.09. The SMILES string of the molecule is CON(C(=O)c1ccn(C(C)C)n1)C(C)c1csc(C)n1. The fraction of sp³-hybridized carbons (Fsp3) is 0.500. The van der Waals surface area contributed by atoms with Crippen LogP contribution >= 0.6 is 11.3 Å². The molecule has 1 amide bonds. The number of carbonyl (C=O) groups excluding carboxylic acids is 1. The van der Waals surface area contributed by atoms with E-state index in [4.69, 9.17) is 4.84 Å². The molecule has 0 aliphatic heterocycles. The molecule has 0 saturated heterocycles. The number of nitrogens with zero attached hydrogens (tertiary/aromatic N) is 4. The molecule has 0 saturated carbocycles. The van der Waals surface area contributed by atoms with Gasteiger partial charge < -0.3 is 0 Å². The summed E-state index contributed by atoms with van der Waals surface area (Å²) in [6.07, 6.45) is 1.80. The van der Waals surface area contributed by atoms with Gasteiger partial charge in [-0.05, 0) is 33.8 Å². The van der Waals surface area contributed by atoms with Gasteiger partial charge in [-0.1, -0.05) is 0 Å². The standard InChI is InChI=1S/C14H20N4O2S/c1-9(2)17-7-6-12(16-17)14(19)18(20-5)10(3)13-8-21-11(4)15-13/h6-10H,1-5H3. The lowest BCUT2D eigenvalue weighted by Gasteiger charge is -2.24. The molecule has 6 nitrogen and oxygen atoms in total. The molecule has 1 atom stereocenters. The molecule has 0 aliphatic carbocycles. The van der Waals surface area contributed by atoms with Crippen molar-refractivity contribution in [1.82, 2.24) is 19.8 Å². The van der Waals surface area contributed by atoms with Crippen LogP contribution in [0.1, 0.15) is 54.0 Å². The number of aromatic nitrogens is 3. The molecule has 1 unspecified atom stereocenters. The molecule has 2 aromatic rings. The monoisotopic (exact) mass is 308 g/mol. The average molecular weight is 308 g/mol. The summed E-state index contributed by atoms with van der Waals surface area (Å²) < 4.78 is 1.75. The molecular weight excluding hydrogens is 288 g/mol. The third kappa shape index (κ3) is 3.30. The van der Waals surface area contributed by atoms with Crippen LogP contribution in [0, 0.1) is 6.92 Å². The number of hydrogen-bond acceptors (Lipinski definition) is 5. The van der Waals surface area contributed by atoms with E-state index < -0.39 is 0 Å². The third-order valence-corrected chi connectivity index (χ3v) is 3.96. The Bertz CT molecular complexity index is 620. The lowest BCUT2D eigenvalue weighted by atomic mass is 10.2. The first kappa shape index (κ1) is 15.7. The summed E-state index contributed by atoms with van der Waals surface area (Å²) >= 11 is 1.55. The number of amides is 1. The van der Waals surface area contributed by atoms with E-state index in [2.05, 4.69) is 10.1 Å². The Kier molecular flexibility index (Phi) is 4.74. The topological polar surface area (TPSA) is 60.2 Å². The maximum absolute atomic E-state index is 12.5. The van der Waals surface area contributed by atoms with Crippen LogP contribution in [-0.4, -0.2) is 32.8 Å². The molecule has 21 heavy (non-hydrogen) atoms. The Hall–Kier alpha value is -1.73. The second kappa shape index (κ2) is 6.36. The number of rotatable bonds is 5. The van der Waals surface area contributed by atoms with Gasteiger partial charge in [-0.2, -0.15) is 5.10 Å².